The van der Waals surface area contributed by atoms with Crippen LogP contribution in [0.2, 0.25) is 0 Å². The van der Waals surface area contributed by atoms with Crippen LogP contribution < -0.4 is 5.32 Å². The summed E-state index contributed by atoms with van der Waals surface area (Å²) in [6.45, 7) is 5.48. The molecule has 0 radical (unpaired) electrons. The van der Waals surface area contributed by atoms with E-state index in [-0.39, 0.29) is 19.4 Å². The van der Waals surface area contributed by atoms with Gasteiger partial charge in [0.1, 0.15) is 24.4 Å². The van der Waals surface area contributed by atoms with Crippen LogP contribution in [0.25, 0.3) is 0 Å². The predicted molar refractivity (Wildman–Crippen MR) is 278 cm³/mol. The molecule has 0 saturated carbocycles. The lowest BCUT2D eigenvalue weighted by Crippen LogP contribution is -2.61. The molecule has 1 aliphatic heterocycles. The van der Waals surface area contributed by atoms with E-state index < -0.39 is 67.4 Å². The summed E-state index contributed by atoms with van der Waals surface area (Å²) in [4.78, 5) is 26.4. The fourth-order valence-corrected chi connectivity index (χ4v) is 7.84. The molecule has 11 nitrogen and oxygen atoms in total. The van der Waals surface area contributed by atoms with Gasteiger partial charge in [0.15, 0.2) is 12.4 Å². The first-order chi connectivity index (χ1) is 33.2. The van der Waals surface area contributed by atoms with Crippen LogP contribution in [-0.2, 0) is 23.8 Å². The van der Waals surface area contributed by atoms with Crippen LogP contribution in [0.5, 0.6) is 0 Å². The van der Waals surface area contributed by atoms with E-state index in [1.807, 2.05) is 18.2 Å². The molecule has 0 aromatic carbocycles. The van der Waals surface area contributed by atoms with Gasteiger partial charge >= 0.3 is 5.97 Å². The minimum absolute atomic E-state index is 0.0921. The Kier molecular flexibility index (Phi) is 41.6. The number of ether oxygens (including phenoxy) is 3. The van der Waals surface area contributed by atoms with Crippen molar-refractivity contribution in [1.29, 1.82) is 0 Å². The molecule has 0 bridgehead atoms. The average Bonchev–Trinajstić information content (AvgIpc) is 3.33. The van der Waals surface area contributed by atoms with E-state index in [1.165, 1.54) is 38.5 Å². The molecule has 0 aromatic rings. The van der Waals surface area contributed by atoms with Crippen LogP contribution in [0.4, 0.5) is 0 Å². The fraction of sp³-hybridized carbons (Fsp3) is 0.719. The van der Waals surface area contributed by atoms with Gasteiger partial charge in [-0.2, -0.15) is 0 Å². The number of nitrogens with one attached hydrogen (secondary N) is 1. The molecule has 1 saturated heterocycles. The first-order valence-corrected chi connectivity index (χ1v) is 26.9. The highest BCUT2D eigenvalue weighted by Gasteiger charge is 2.47. The summed E-state index contributed by atoms with van der Waals surface area (Å²) >= 11 is 0. The lowest BCUT2D eigenvalue weighted by atomic mass is 9.99. The van der Waals surface area contributed by atoms with E-state index in [1.54, 1.807) is 6.08 Å². The lowest BCUT2D eigenvalue weighted by molar-refractivity contribution is -0.305. The first-order valence-electron chi connectivity index (χ1n) is 26.9. The maximum Gasteiger partial charge on any atom is 0.306 e. The molecule has 8 atom stereocenters. The molecular weight excluding hydrogens is 859 g/mol. The summed E-state index contributed by atoms with van der Waals surface area (Å²) in [5, 5.41) is 56.6. The molecule has 0 aliphatic carbocycles. The summed E-state index contributed by atoms with van der Waals surface area (Å²) in [5.74, 6) is -1.24. The Balaban J connectivity index is 2.78. The quantitative estimate of drug-likeness (QED) is 0.0149. The highest BCUT2D eigenvalue weighted by molar-refractivity contribution is 5.80. The highest BCUT2D eigenvalue weighted by atomic mass is 16.7. The van der Waals surface area contributed by atoms with Gasteiger partial charge in [-0.25, -0.2) is 0 Å². The van der Waals surface area contributed by atoms with E-state index >= 15 is 0 Å². The molecule has 1 aliphatic rings. The molecule has 6 N–H and O–H groups in total. The number of aliphatic hydroxyl groups excluding tert-OH is 5. The summed E-state index contributed by atoms with van der Waals surface area (Å²) in [7, 11) is 0. The SMILES string of the molecule is CC/C=C/C=C/C=C/CCCCCCCCC(O)C(=O)NC(COC1OC(CO)C(O)C(O)C1OC(=O)CCCCCC/C=C/C/C=C/C/C=C/CC)C(O)/C=C/CCCCCCCCCCC. The van der Waals surface area contributed by atoms with Gasteiger partial charge in [0, 0.05) is 6.42 Å². The average molecular weight is 956 g/mol. The van der Waals surface area contributed by atoms with Crippen molar-refractivity contribution in [2.24, 2.45) is 0 Å². The molecule has 1 rings (SSSR count). The number of rotatable bonds is 43. The number of carbonyl (C=O) groups excluding carboxylic acids is 2. The Labute approximate surface area is 413 Å². The van der Waals surface area contributed by atoms with E-state index in [2.05, 4.69) is 86.8 Å². The second-order valence-electron chi connectivity index (χ2n) is 18.3. The van der Waals surface area contributed by atoms with Gasteiger partial charge in [0.25, 0.3) is 0 Å². The first kappa shape index (κ1) is 62.9. The van der Waals surface area contributed by atoms with Gasteiger partial charge in [0.2, 0.25) is 5.91 Å². The van der Waals surface area contributed by atoms with Crippen molar-refractivity contribution in [3.63, 3.8) is 0 Å². The number of carbonyl (C=O) groups is 2. The number of unbranched alkanes of at least 4 members (excludes halogenated alkanes) is 19. The molecule has 11 heteroatoms. The van der Waals surface area contributed by atoms with Crippen molar-refractivity contribution in [2.45, 2.75) is 250 Å². The zero-order valence-corrected chi connectivity index (χ0v) is 42.7. The van der Waals surface area contributed by atoms with Crippen LogP contribution >= 0.6 is 0 Å². The number of hydrogen-bond donors (Lipinski definition) is 6. The summed E-state index contributed by atoms with van der Waals surface area (Å²) < 4.78 is 17.5. The van der Waals surface area contributed by atoms with Gasteiger partial charge in [0.05, 0.1) is 25.4 Å². The van der Waals surface area contributed by atoms with Gasteiger partial charge in [-0.1, -0.05) is 202 Å². The van der Waals surface area contributed by atoms with Crippen molar-refractivity contribution < 1.29 is 49.3 Å². The van der Waals surface area contributed by atoms with Crippen LogP contribution in [0, 0.1) is 0 Å². The predicted octanol–water partition coefficient (Wildman–Crippen LogP) is 11.4. The maximum absolute atomic E-state index is 13.3. The Morgan fingerprint density at radius 1 is 0.603 bits per heavy atom. The minimum atomic E-state index is -1.63. The molecule has 0 aromatic heterocycles. The smallest absolute Gasteiger partial charge is 0.306 e. The Morgan fingerprint density at radius 2 is 1.13 bits per heavy atom. The second kappa shape index (κ2) is 45.0. The van der Waals surface area contributed by atoms with Crippen molar-refractivity contribution in [1.82, 2.24) is 5.32 Å². The van der Waals surface area contributed by atoms with Crippen LogP contribution in [0.15, 0.2) is 85.1 Å². The topological polar surface area (TPSA) is 175 Å². The minimum Gasteiger partial charge on any atom is -0.454 e. The third-order valence-electron chi connectivity index (χ3n) is 12.1. The highest BCUT2D eigenvalue weighted by Crippen LogP contribution is 2.26. The molecule has 8 unspecified atom stereocenters. The fourth-order valence-electron chi connectivity index (χ4n) is 7.84. The van der Waals surface area contributed by atoms with Crippen molar-refractivity contribution in [2.75, 3.05) is 13.2 Å². The van der Waals surface area contributed by atoms with Crippen molar-refractivity contribution in [3.05, 3.63) is 85.1 Å². The Hall–Kier alpha value is -3.16. The van der Waals surface area contributed by atoms with E-state index in [0.29, 0.717) is 12.8 Å². The number of aliphatic hydroxyl groups is 5. The number of amides is 1. The van der Waals surface area contributed by atoms with Crippen LogP contribution in [-0.4, -0.2) is 99.6 Å². The lowest BCUT2D eigenvalue weighted by Gasteiger charge is -2.41. The number of allylic oxidation sites excluding steroid dienone is 13. The van der Waals surface area contributed by atoms with Crippen LogP contribution in [0.3, 0.4) is 0 Å². The normalized spacial score (nSPS) is 20.6. The molecule has 68 heavy (non-hydrogen) atoms. The second-order valence-corrected chi connectivity index (χ2v) is 18.3. The zero-order chi connectivity index (χ0) is 49.7. The maximum atomic E-state index is 13.3. The molecule has 1 amide bonds. The molecule has 0 spiro atoms. The summed E-state index contributed by atoms with van der Waals surface area (Å²) in [6, 6.07) is -1.04. The standard InChI is InChI=1S/C57H97NO10/c1-4-7-10-13-16-19-22-24-26-29-32-35-38-41-44-50(61)56(65)58-48(49(60)43-40-37-34-31-28-21-18-15-12-9-6-3)47-66-57-55(54(64)53(63)51(46-59)67-57)68-52(62)45-42-39-36-33-30-27-25-23-20-17-14-11-8-5-2/h7-8,10-11,13,16-17,19-20,22,25,27,40,43,48-51,53-55,57,59-61,63-64H,4-6,9,12,14-15,18,21,23-24,26,28-39,41-42,44-47H2,1-3H3,(H,58,65)/b10-7+,11-8+,16-13+,20-17+,22-19+,27-25+,43-40+. The molecule has 390 valence electrons. The van der Waals surface area contributed by atoms with Gasteiger partial charge in [-0.3, -0.25) is 9.59 Å². The third kappa shape index (κ3) is 33.4. The van der Waals surface area contributed by atoms with E-state index in [4.69, 9.17) is 14.2 Å². The van der Waals surface area contributed by atoms with E-state index in [0.717, 1.165) is 116 Å². The van der Waals surface area contributed by atoms with Gasteiger partial charge in [-0.15, -0.1) is 0 Å². The Bertz CT molecular complexity index is 1420. The summed E-state index contributed by atoms with van der Waals surface area (Å²) in [5.41, 5.74) is 0. The number of esters is 1. The molecule has 1 fully saturated rings. The van der Waals surface area contributed by atoms with Crippen molar-refractivity contribution in [3.8, 4) is 0 Å². The zero-order valence-electron chi connectivity index (χ0n) is 42.7. The Morgan fingerprint density at radius 3 is 1.75 bits per heavy atom. The van der Waals surface area contributed by atoms with Crippen LogP contribution in [0.1, 0.15) is 201 Å². The molecule has 1 heterocycles. The molecular formula is C57H97NO10. The largest absolute Gasteiger partial charge is 0.454 e. The summed E-state index contributed by atoms with van der Waals surface area (Å²) in [6.07, 6.45) is 46.3. The van der Waals surface area contributed by atoms with Gasteiger partial charge in [-0.05, 0) is 77.0 Å². The van der Waals surface area contributed by atoms with Gasteiger partial charge < -0.3 is 45.1 Å². The third-order valence-corrected chi connectivity index (χ3v) is 12.1. The number of hydrogen-bond acceptors (Lipinski definition) is 10. The monoisotopic (exact) mass is 956 g/mol. The van der Waals surface area contributed by atoms with Crippen molar-refractivity contribution >= 4 is 11.9 Å². The van der Waals surface area contributed by atoms with E-state index in [9.17, 15) is 35.1 Å².